The summed E-state index contributed by atoms with van der Waals surface area (Å²) >= 11 is 0. The Morgan fingerprint density at radius 1 is 1.12 bits per heavy atom. The number of carbonyl (C=O) groups excluding carboxylic acids is 1. The van der Waals surface area contributed by atoms with E-state index in [-0.39, 0.29) is 18.3 Å². The van der Waals surface area contributed by atoms with E-state index in [1.54, 1.807) is 6.92 Å². The topological polar surface area (TPSA) is 48.0 Å². The van der Waals surface area contributed by atoms with E-state index < -0.39 is 0 Å². The minimum Gasteiger partial charge on any atom is -0.454 e. The van der Waals surface area contributed by atoms with Gasteiger partial charge in [0.05, 0.1) is 5.60 Å². The van der Waals surface area contributed by atoms with Gasteiger partial charge in [-0.1, -0.05) is 35.9 Å². The van der Waals surface area contributed by atoms with Crippen LogP contribution < -0.4 is 9.47 Å². The van der Waals surface area contributed by atoms with Gasteiger partial charge in [0.25, 0.3) is 0 Å². The average molecular weight is 438 g/mol. The van der Waals surface area contributed by atoms with Crippen molar-refractivity contribution in [3.63, 3.8) is 0 Å². The molecule has 2 atom stereocenters. The van der Waals surface area contributed by atoms with Crippen molar-refractivity contribution in [3.05, 3.63) is 59.2 Å². The molecule has 4 rings (SSSR count). The predicted octanol–water partition coefficient (Wildman–Crippen LogP) is 5.45. The molecule has 2 aliphatic heterocycles. The fourth-order valence-electron chi connectivity index (χ4n) is 5.01. The summed E-state index contributed by atoms with van der Waals surface area (Å²) in [5.74, 6) is 2.56. The number of hydrogen-bond acceptors (Lipinski definition) is 4. The zero-order valence-electron chi connectivity index (χ0n) is 19.7. The summed E-state index contributed by atoms with van der Waals surface area (Å²) in [6.07, 6.45) is 3.03. The van der Waals surface area contributed by atoms with E-state index in [1.165, 1.54) is 11.1 Å². The molecule has 0 aliphatic carbocycles. The van der Waals surface area contributed by atoms with Crippen LogP contribution in [0.15, 0.2) is 42.5 Å². The summed E-state index contributed by atoms with van der Waals surface area (Å²) in [6, 6.07) is 14.8. The van der Waals surface area contributed by atoms with Crippen LogP contribution in [0.1, 0.15) is 62.6 Å². The quantitative estimate of drug-likeness (QED) is 0.578. The molecule has 1 amide bonds. The van der Waals surface area contributed by atoms with Gasteiger partial charge >= 0.3 is 0 Å². The Bertz CT molecular complexity index is 937. The second-order valence-corrected chi connectivity index (χ2v) is 9.80. The first-order chi connectivity index (χ1) is 15.3. The van der Waals surface area contributed by atoms with Gasteiger partial charge in [-0.2, -0.15) is 0 Å². The molecule has 2 aromatic rings. The third-order valence-corrected chi connectivity index (χ3v) is 6.78. The van der Waals surface area contributed by atoms with Crippen LogP contribution in [0.4, 0.5) is 0 Å². The molecule has 2 aliphatic rings. The van der Waals surface area contributed by atoms with E-state index in [2.05, 4.69) is 45.0 Å². The van der Waals surface area contributed by atoms with Crippen LogP contribution in [0, 0.1) is 12.8 Å². The lowest BCUT2D eigenvalue weighted by Crippen LogP contribution is -2.37. The first kappa shape index (κ1) is 22.7. The Labute approximate surface area is 191 Å². The number of hydrogen-bond donors (Lipinski definition) is 0. The van der Waals surface area contributed by atoms with Gasteiger partial charge in [-0.3, -0.25) is 4.79 Å². The Morgan fingerprint density at radius 3 is 2.59 bits per heavy atom. The number of benzene rings is 2. The van der Waals surface area contributed by atoms with Gasteiger partial charge in [-0.25, -0.2) is 0 Å². The summed E-state index contributed by atoms with van der Waals surface area (Å²) < 4.78 is 16.9. The molecule has 0 N–H and O–H groups in total. The smallest absolute Gasteiger partial charge is 0.231 e. The molecule has 2 heterocycles. The highest BCUT2D eigenvalue weighted by atomic mass is 16.7. The van der Waals surface area contributed by atoms with Crippen molar-refractivity contribution in [3.8, 4) is 11.5 Å². The van der Waals surface area contributed by atoms with Crippen molar-refractivity contribution in [1.29, 1.82) is 0 Å². The lowest BCUT2D eigenvalue weighted by Gasteiger charge is -2.40. The Kier molecular flexibility index (Phi) is 6.75. The number of amides is 1. The molecule has 0 saturated carbocycles. The number of ether oxygens (including phenoxy) is 3. The van der Waals surface area contributed by atoms with Crippen LogP contribution in [-0.2, 0) is 16.1 Å². The van der Waals surface area contributed by atoms with E-state index in [9.17, 15) is 4.79 Å². The van der Waals surface area contributed by atoms with Gasteiger partial charge in [-0.15, -0.1) is 0 Å². The number of fused-ring (bicyclic) bond motifs is 1. The Morgan fingerprint density at radius 2 is 1.88 bits per heavy atom. The van der Waals surface area contributed by atoms with Gasteiger partial charge in [0.2, 0.25) is 12.7 Å². The van der Waals surface area contributed by atoms with Crippen LogP contribution in [0.2, 0.25) is 0 Å². The second-order valence-electron chi connectivity index (χ2n) is 9.80. The maximum absolute atomic E-state index is 12.5. The molecule has 1 fully saturated rings. The van der Waals surface area contributed by atoms with E-state index in [4.69, 9.17) is 14.2 Å². The molecule has 32 heavy (non-hydrogen) atoms. The molecule has 0 spiro atoms. The Hall–Kier alpha value is -2.53. The second kappa shape index (κ2) is 9.53. The standard InChI is InChI=1S/C27H35NO4/c1-19-5-8-22(9-6-19)24(23-12-14-32-27(3,4)16-23)11-13-28(20(2)29)17-21-7-10-25-26(15-21)31-18-30-25/h5-10,15,23-24H,11-14,16-18H2,1-4H3/t23-,24-/m1/s1. The third kappa shape index (κ3) is 5.44. The van der Waals surface area contributed by atoms with E-state index in [1.807, 2.05) is 23.1 Å². The molecule has 0 radical (unpaired) electrons. The van der Waals surface area contributed by atoms with Crippen LogP contribution >= 0.6 is 0 Å². The largest absolute Gasteiger partial charge is 0.454 e. The molecular formula is C27H35NO4. The zero-order chi connectivity index (χ0) is 22.7. The molecule has 0 aromatic heterocycles. The van der Waals surface area contributed by atoms with Gasteiger partial charge in [0, 0.05) is 26.6 Å². The highest BCUT2D eigenvalue weighted by Crippen LogP contribution is 2.40. The zero-order valence-corrected chi connectivity index (χ0v) is 19.7. The molecule has 172 valence electrons. The summed E-state index contributed by atoms with van der Waals surface area (Å²) in [5.41, 5.74) is 3.60. The van der Waals surface area contributed by atoms with Gasteiger partial charge in [-0.05, 0) is 75.1 Å². The third-order valence-electron chi connectivity index (χ3n) is 6.78. The van der Waals surface area contributed by atoms with Crippen molar-refractivity contribution in [2.24, 2.45) is 5.92 Å². The van der Waals surface area contributed by atoms with Crippen molar-refractivity contribution in [1.82, 2.24) is 4.90 Å². The van der Waals surface area contributed by atoms with Gasteiger partial charge in [0.15, 0.2) is 11.5 Å². The maximum Gasteiger partial charge on any atom is 0.231 e. The summed E-state index contributed by atoms with van der Waals surface area (Å²) in [4.78, 5) is 14.5. The van der Waals surface area contributed by atoms with E-state index in [0.29, 0.717) is 18.4 Å². The van der Waals surface area contributed by atoms with Gasteiger partial charge in [0.1, 0.15) is 0 Å². The summed E-state index contributed by atoms with van der Waals surface area (Å²) in [6.45, 7) is 10.5. The predicted molar refractivity (Wildman–Crippen MR) is 125 cm³/mol. The number of aryl methyl sites for hydroxylation is 1. The van der Waals surface area contributed by atoms with Crippen molar-refractivity contribution < 1.29 is 19.0 Å². The van der Waals surface area contributed by atoms with Gasteiger partial charge < -0.3 is 19.1 Å². The summed E-state index contributed by atoms with van der Waals surface area (Å²) in [7, 11) is 0. The minimum atomic E-state index is -0.0986. The van der Waals surface area contributed by atoms with E-state index in [0.717, 1.165) is 49.5 Å². The molecule has 0 bridgehead atoms. The molecule has 5 heteroatoms. The maximum atomic E-state index is 12.5. The molecule has 5 nitrogen and oxygen atoms in total. The van der Waals surface area contributed by atoms with Crippen molar-refractivity contribution >= 4 is 5.91 Å². The monoisotopic (exact) mass is 437 g/mol. The van der Waals surface area contributed by atoms with Crippen LogP contribution in [-0.4, -0.2) is 36.4 Å². The minimum absolute atomic E-state index is 0.0950. The number of rotatable bonds is 7. The summed E-state index contributed by atoms with van der Waals surface area (Å²) in [5, 5.41) is 0. The normalized spacial score (nSPS) is 20.1. The van der Waals surface area contributed by atoms with Crippen LogP contribution in [0.25, 0.3) is 0 Å². The number of nitrogens with zero attached hydrogens (tertiary/aromatic N) is 1. The molecule has 1 saturated heterocycles. The fraction of sp³-hybridized carbons (Fsp3) is 0.519. The molecule has 2 aromatic carbocycles. The lowest BCUT2D eigenvalue weighted by atomic mass is 9.75. The SMILES string of the molecule is CC(=O)N(CC[C@H](c1ccc(C)cc1)[C@@H]1CCOC(C)(C)C1)Cc1ccc2c(c1)OCO2. The van der Waals surface area contributed by atoms with Crippen molar-refractivity contribution in [2.45, 2.75) is 65.0 Å². The first-order valence-electron chi connectivity index (χ1n) is 11.7. The van der Waals surface area contributed by atoms with Crippen LogP contribution in [0.3, 0.4) is 0 Å². The highest BCUT2D eigenvalue weighted by molar-refractivity contribution is 5.73. The fourth-order valence-corrected chi connectivity index (χ4v) is 5.01. The number of carbonyl (C=O) groups is 1. The molecule has 0 unspecified atom stereocenters. The Balaban J connectivity index is 1.49. The van der Waals surface area contributed by atoms with Crippen LogP contribution in [0.5, 0.6) is 11.5 Å². The van der Waals surface area contributed by atoms with E-state index >= 15 is 0 Å². The highest BCUT2D eigenvalue weighted by Gasteiger charge is 2.34. The lowest BCUT2D eigenvalue weighted by molar-refractivity contribution is -0.129. The first-order valence-corrected chi connectivity index (χ1v) is 11.7. The molecular weight excluding hydrogens is 402 g/mol. The van der Waals surface area contributed by atoms with Crippen molar-refractivity contribution in [2.75, 3.05) is 19.9 Å². The average Bonchev–Trinajstić information content (AvgIpc) is 3.21.